The third kappa shape index (κ3) is 5.74. The van der Waals surface area contributed by atoms with Gasteiger partial charge in [-0.2, -0.15) is 0 Å². The van der Waals surface area contributed by atoms with E-state index in [2.05, 4.69) is 19.2 Å². The average molecular weight is 254 g/mol. The van der Waals surface area contributed by atoms with E-state index in [-0.39, 0.29) is 0 Å². The standard InChI is InChI=1S/C15H30N2O/c1-4-9-13(10-5-2)16-15(18-3)17-14-11-7-6-8-12-14/h13-14H,4-12H2,1-3H3,(H,16,17). The summed E-state index contributed by atoms with van der Waals surface area (Å²) >= 11 is 0. The fourth-order valence-electron chi connectivity index (χ4n) is 2.69. The van der Waals surface area contributed by atoms with Crippen LogP contribution in [0.1, 0.15) is 71.6 Å². The summed E-state index contributed by atoms with van der Waals surface area (Å²) in [6.07, 6.45) is 11.3. The van der Waals surface area contributed by atoms with Gasteiger partial charge in [0.2, 0.25) is 0 Å². The first-order valence-electron chi connectivity index (χ1n) is 7.68. The maximum absolute atomic E-state index is 5.42. The highest BCUT2D eigenvalue weighted by atomic mass is 16.5. The number of hydrogen-bond acceptors (Lipinski definition) is 2. The van der Waals surface area contributed by atoms with Crippen molar-refractivity contribution in [1.82, 2.24) is 5.32 Å². The van der Waals surface area contributed by atoms with Crippen molar-refractivity contribution in [3.05, 3.63) is 0 Å². The van der Waals surface area contributed by atoms with E-state index < -0.39 is 0 Å². The lowest BCUT2D eigenvalue weighted by Crippen LogP contribution is -2.36. The first kappa shape index (κ1) is 15.3. The maximum atomic E-state index is 5.42. The topological polar surface area (TPSA) is 33.6 Å². The number of nitrogens with zero attached hydrogens (tertiary/aromatic N) is 1. The number of aliphatic imine (C=N–C) groups is 1. The van der Waals surface area contributed by atoms with Crippen molar-refractivity contribution in [3.63, 3.8) is 0 Å². The predicted molar refractivity (Wildman–Crippen MR) is 78.1 cm³/mol. The second kappa shape index (κ2) is 9.23. The van der Waals surface area contributed by atoms with Gasteiger partial charge in [-0.1, -0.05) is 46.0 Å². The summed E-state index contributed by atoms with van der Waals surface area (Å²) in [6.45, 7) is 4.46. The Morgan fingerprint density at radius 2 is 1.78 bits per heavy atom. The molecule has 1 saturated carbocycles. The van der Waals surface area contributed by atoms with Gasteiger partial charge in [-0.3, -0.25) is 0 Å². The van der Waals surface area contributed by atoms with Crippen molar-refractivity contribution in [1.29, 1.82) is 0 Å². The fourth-order valence-corrected chi connectivity index (χ4v) is 2.69. The monoisotopic (exact) mass is 254 g/mol. The SMILES string of the molecule is CCCC(CCC)NC(=NC1CCCCC1)OC. The minimum Gasteiger partial charge on any atom is -0.469 e. The molecule has 0 spiro atoms. The molecule has 106 valence electrons. The van der Waals surface area contributed by atoms with Crippen LogP contribution in [0, 0.1) is 0 Å². The molecule has 1 fully saturated rings. The van der Waals surface area contributed by atoms with Gasteiger partial charge in [-0.15, -0.1) is 0 Å². The van der Waals surface area contributed by atoms with Gasteiger partial charge < -0.3 is 10.1 Å². The molecule has 3 nitrogen and oxygen atoms in total. The Morgan fingerprint density at radius 3 is 2.28 bits per heavy atom. The molecular weight excluding hydrogens is 224 g/mol. The van der Waals surface area contributed by atoms with Crippen LogP contribution in [0.25, 0.3) is 0 Å². The minimum absolute atomic E-state index is 0.477. The van der Waals surface area contributed by atoms with Gasteiger partial charge in [0.15, 0.2) is 0 Å². The Balaban J connectivity index is 2.49. The van der Waals surface area contributed by atoms with Gasteiger partial charge in [0, 0.05) is 6.04 Å². The Kier molecular flexibility index (Phi) is 7.86. The molecule has 0 aromatic heterocycles. The summed E-state index contributed by atoms with van der Waals surface area (Å²) in [7, 11) is 1.73. The van der Waals surface area contributed by atoms with E-state index in [0.717, 1.165) is 6.02 Å². The van der Waals surface area contributed by atoms with E-state index in [4.69, 9.17) is 9.73 Å². The van der Waals surface area contributed by atoms with Crippen molar-refractivity contribution < 1.29 is 4.74 Å². The van der Waals surface area contributed by atoms with Crippen molar-refractivity contribution >= 4 is 6.02 Å². The third-order valence-corrected chi connectivity index (χ3v) is 3.67. The number of amidine groups is 1. The van der Waals surface area contributed by atoms with Gasteiger partial charge in [0.05, 0.1) is 13.2 Å². The van der Waals surface area contributed by atoms with E-state index in [1.807, 2.05) is 0 Å². The summed E-state index contributed by atoms with van der Waals surface area (Å²) in [5.41, 5.74) is 0. The number of methoxy groups -OCH3 is 1. The van der Waals surface area contributed by atoms with Gasteiger partial charge in [-0.25, -0.2) is 4.99 Å². The summed E-state index contributed by atoms with van der Waals surface area (Å²) < 4.78 is 5.42. The number of hydrogen-bond donors (Lipinski definition) is 1. The summed E-state index contributed by atoms with van der Waals surface area (Å²) in [6, 6.07) is 1.75. The molecular formula is C15H30N2O. The van der Waals surface area contributed by atoms with E-state index >= 15 is 0 Å². The maximum Gasteiger partial charge on any atom is 0.284 e. The van der Waals surface area contributed by atoms with E-state index in [1.54, 1.807) is 7.11 Å². The molecule has 0 bridgehead atoms. The zero-order valence-corrected chi connectivity index (χ0v) is 12.4. The van der Waals surface area contributed by atoms with Crippen LogP contribution in [0.15, 0.2) is 4.99 Å². The molecule has 1 aliphatic carbocycles. The second-order valence-electron chi connectivity index (χ2n) is 5.35. The highest BCUT2D eigenvalue weighted by Crippen LogP contribution is 2.20. The lowest BCUT2D eigenvalue weighted by Gasteiger charge is -2.22. The lowest BCUT2D eigenvalue weighted by atomic mass is 9.96. The van der Waals surface area contributed by atoms with Gasteiger partial charge >= 0.3 is 0 Å². The highest BCUT2D eigenvalue weighted by Gasteiger charge is 2.15. The molecule has 18 heavy (non-hydrogen) atoms. The van der Waals surface area contributed by atoms with E-state index in [0.29, 0.717) is 12.1 Å². The number of ether oxygens (including phenoxy) is 1. The average Bonchev–Trinajstić information content (AvgIpc) is 2.39. The number of nitrogens with one attached hydrogen (secondary N) is 1. The lowest BCUT2D eigenvalue weighted by molar-refractivity contribution is 0.345. The van der Waals surface area contributed by atoms with Crippen molar-refractivity contribution in [3.8, 4) is 0 Å². The zero-order valence-electron chi connectivity index (χ0n) is 12.4. The van der Waals surface area contributed by atoms with Crippen molar-refractivity contribution in [2.45, 2.75) is 83.7 Å². The molecule has 0 aromatic rings. The number of rotatable bonds is 6. The molecule has 0 unspecified atom stereocenters. The first-order valence-corrected chi connectivity index (χ1v) is 7.68. The Hall–Kier alpha value is -0.730. The quantitative estimate of drug-likeness (QED) is 0.576. The largest absolute Gasteiger partial charge is 0.469 e. The Bertz CT molecular complexity index is 229. The van der Waals surface area contributed by atoms with E-state index in [9.17, 15) is 0 Å². The van der Waals surface area contributed by atoms with Crippen LogP contribution < -0.4 is 5.32 Å². The zero-order chi connectivity index (χ0) is 13.2. The van der Waals surface area contributed by atoms with Crippen molar-refractivity contribution in [2.24, 2.45) is 4.99 Å². The highest BCUT2D eigenvalue weighted by molar-refractivity contribution is 5.73. The molecule has 0 saturated heterocycles. The van der Waals surface area contributed by atoms with Crippen molar-refractivity contribution in [2.75, 3.05) is 7.11 Å². The molecule has 1 N–H and O–H groups in total. The van der Waals surface area contributed by atoms with Crippen LogP contribution in [0.4, 0.5) is 0 Å². The van der Waals surface area contributed by atoms with Gasteiger partial charge in [-0.05, 0) is 25.7 Å². The molecule has 0 radical (unpaired) electrons. The summed E-state index contributed by atoms with van der Waals surface area (Å²) in [5, 5.41) is 3.48. The van der Waals surface area contributed by atoms with Crippen LogP contribution in [0.2, 0.25) is 0 Å². The molecule has 1 rings (SSSR count). The first-order chi connectivity index (χ1) is 8.80. The van der Waals surface area contributed by atoms with Crippen LogP contribution in [-0.2, 0) is 4.74 Å². The third-order valence-electron chi connectivity index (χ3n) is 3.67. The Labute approximate surface area is 112 Å². The Morgan fingerprint density at radius 1 is 1.17 bits per heavy atom. The predicted octanol–water partition coefficient (Wildman–Crippen LogP) is 3.88. The molecule has 1 aliphatic rings. The minimum atomic E-state index is 0.477. The fraction of sp³-hybridized carbons (Fsp3) is 0.933. The molecule has 0 amide bonds. The van der Waals surface area contributed by atoms with Crippen LogP contribution >= 0.6 is 0 Å². The van der Waals surface area contributed by atoms with Crippen LogP contribution in [0.5, 0.6) is 0 Å². The van der Waals surface area contributed by atoms with E-state index in [1.165, 1.54) is 57.8 Å². The normalized spacial score (nSPS) is 18.1. The molecule has 0 aromatic carbocycles. The molecule has 0 heterocycles. The summed E-state index contributed by atoms with van der Waals surface area (Å²) in [5.74, 6) is 0. The molecule has 0 aliphatic heterocycles. The second-order valence-corrected chi connectivity index (χ2v) is 5.35. The van der Waals surface area contributed by atoms with Gasteiger partial charge in [0.25, 0.3) is 6.02 Å². The van der Waals surface area contributed by atoms with Gasteiger partial charge in [0.1, 0.15) is 0 Å². The smallest absolute Gasteiger partial charge is 0.284 e. The van der Waals surface area contributed by atoms with Crippen LogP contribution in [0.3, 0.4) is 0 Å². The summed E-state index contributed by atoms with van der Waals surface area (Å²) in [4.78, 5) is 4.74. The molecule has 3 heteroatoms. The van der Waals surface area contributed by atoms with Crippen LogP contribution in [-0.4, -0.2) is 25.2 Å². The molecule has 0 atom stereocenters.